The van der Waals surface area contributed by atoms with Crippen LogP contribution >= 0.6 is 11.3 Å². The van der Waals surface area contributed by atoms with Crippen molar-refractivity contribution < 1.29 is 23.1 Å². The monoisotopic (exact) mass is 397 g/mol. The summed E-state index contributed by atoms with van der Waals surface area (Å²) in [5, 5.41) is 4.65. The number of thiazole rings is 1. The number of nitrogens with one attached hydrogen (secondary N) is 1. The molecule has 0 saturated heterocycles. The molecule has 2 aromatic heterocycles. The fourth-order valence-electron chi connectivity index (χ4n) is 2.44. The van der Waals surface area contributed by atoms with Crippen LogP contribution in [0.25, 0.3) is 22.4 Å². The number of amides is 1. The summed E-state index contributed by atoms with van der Waals surface area (Å²) in [6, 6.07) is 10.5. The van der Waals surface area contributed by atoms with Crippen LogP contribution in [0, 0.1) is 5.82 Å². The second-order valence-electron chi connectivity index (χ2n) is 5.70. The number of nitrogens with zero attached hydrogens (tertiary/aromatic N) is 2. The Bertz CT molecular complexity index is 1150. The number of hydrogen-bond donors (Lipinski definition) is 1. The fourth-order valence-corrected chi connectivity index (χ4v) is 3.17. The van der Waals surface area contributed by atoms with Gasteiger partial charge in [-0.2, -0.15) is 0 Å². The molecule has 1 amide bonds. The van der Waals surface area contributed by atoms with E-state index in [4.69, 9.17) is 9.15 Å². The molecule has 2 aromatic carbocycles. The van der Waals surface area contributed by atoms with Crippen molar-refractivity contribution in [3.05, 3.63) is 65.6 Å². The third kappa shape index (κ3) is 3.89. The van der Waals surface area contributed by atoms with Crippen molar-refractivity contribution in [2.75, 3.05) is 11.9 Å². The Morgan fingerprint density at radius 2 is 2.00 bits per heavy atom. The first-order valence-corrected chi connectivity index (χ1v) is 8.98. The summed E-state index contributed by atoms with van der Waals surface area (Å²) in [4.78, 5) is 32.3. The molecule has 0 aliphatic rings. The van der Waals surface area contributed by atoms with Crippen LogP contribution in [0.2, 0.25) is 0 Å². The van der Waals surface area contributed by atoms with Gasteiger partial charge >= 0.3 is 5.97 Å². The Morgan fingerprint density at radius 1 is 1.18 bits per heavy atom. The third-order valence-electron chi connectivity index (χ3n) is 3.79. The summed E-state index contributed by atoms with van der Waals surface area (Å²) in [7, 11) is 0. The topological polar surface area (TPSA) is 94.3 Å². The van der Waals surface area contributed by atoms with Crippen LogP contribution in [-0.2, 0) is 9.53 Å². The van der Waals surface area contributed by atoms with Crippen molar-refractivity contribution in [3.63, 3.8) is 0 Å². The van der Waals surface area contributed by atoms with Gasteiger partial charge < -0.3 is 9.15 Å². The second-order valence-corrected chi connectivity index (χ2v) is 6.56. The number of hydrogen-bond acceptors (Lipinski definition) is 7. The first kappa shape index (κ1) is 17.8. The normalized spacial score (nSPS) is 10.8. The molecule has 0 fully saturated rings. The number of halogens is 1. The highest BCUT2D eigenvalue weighted by atomic mass is 32.1. The van der Waals surface area contributed by atoms with E-state index in [2.05, 4.69) is 15.3 Å². The molecule has 1 N–H and O–H groups in total. The molecule has 9 heteroatoms. The fraction of sp³-hybridized carbons (Fsp3) is 0.0526. The number of aromatic nitrogens is 2. The van der Waals surface area contributed by atoms with Gasteiger partial charge in [-0.05, 0) is 42.5 Å². The third-order valence-corrected chi connectivity index (χ3v) is 4.55. The number of carbonyl (C=O) groups is 2. The van der Waals surface area contributed by atoms with E-state index in [0.717, 1.165) is 5.56 Å². The van der Waals surface area contributed by atoms with Crippen LogP contribution in [0.4, 0.5) is 9.52 Å². The minimum absolute atomic E-state index is 0.266. The van der Waals surface area contributed by atoms with E-state index in [0.29, 0.717) is 21.9 Å². The molecule has 0 aliphatic heterocycles. The van der Waals surface area contributed by atoms with Crippen molar-refractivity contribution in [3.8, 4) is 11.3 Å². The van der Waals surface area contributed by atoms with Crippen LogP contribution in [0.1, 0.15) is 10.4 Å². The van der Waals surface area contributed by atoms with Crippen molar-refractivity contribution in [2.45, 2.75) is 0 Å². The highest BCUT2D eigenvalue weighted by Gasteiger charge is 2.13. The Morgan fingerprint density at radius 3 is 2.82 bits per heavy atom. The highest BCUT2D eigenvalue weighted by molar-refractivity contribution is 7.14. The lowest BCUT2D eigenvalue weighted by Gasteiger charge is -2.04. The smallest absolute Gasteiger partial charge is 0.338 e. The van der Waals surface area contributed by atoms with Crippen LogP contribution in [0.5, 0.6) is 0 Å². The molecule has 2 heterocycles. The van der Waals surface area contributed by atoms with Gasteiger partial charge in [-0.1, -0.05) is 0 Å². The molecule has 140 valence electrons. The van der Waals surface area contributed by atoms with E-state index < -0.39 is 18.5 Å². The number of benzene rings is 2. The molecule has 28 heavy (non-hydrogen) atoms. The van der Waals surface area contributed by atoms with Gasteiger partial charge in [0.1, 0.15) is 11.3 Å². The average molecular weight is 397 g/mol. The van der Waals surface area contributed by atoms with Gasteiger partial charge in [0.2, 0.25) is 0 Å². The predicted octanol–water partition coefficient (Wildman–Crippen LogP) is 3.89. The maximum atomic E-state index is 13.0. The van der Waals surface area contributed by atoms with E-state index >= 15 is 0 Å². The number of carbonyl (C=O) groups excluding carboxylic acids is 2. The van der Waals surface area contributed by atoms with Gasteiger partial charge in [0.25, 0.3) is 5.91 Å². The number of rotatable bonds is 5. The number of ether oxygens (including phenoxy) is 1. The predicted molar refractivity (Wildman–Crippen MR) is 100 cm³/mol. The maximum absolute atomic E-state index is 13.0. The number of esters is 1. The number of anilines is 1. The summed E-state index contributed by atoms with van der Waals surface area (Å²) in [5.41, 5.74) is 2.68. The molecular weight excluding hydrogens is 385 g/mol. The highest BCUT2D eigenvalue weighted by Crippen LogP contribution is 2.25. The zero-order chi connectivity index (χ0) is 19.5. The van der Waals surface area contributed by atoms with E-state index in [-0.39, 0.29) is 11.4 Å². The first-order valence-electron chi connectivity index (χ1n) is 8.10. The molecule has 4 aromatic rings. The SMILES string of the molecule is O=C(COC(=O)c1ccc2ocnc2c1)Nc1nc(-c2ccc(F)cc2)cs1. The van der Waals surface area contributed by atoms with Crippen LogP contribution in [0.15, 0.2) is 58.7 Å². The number of fused-ring (bicyclic) bond motifs is 1. The van der Waals surface area contributed by atoms with Crippen molar-refractivity contribution in [1.82, 2.24) is 9.97 Å². The molecule has 0 bridgehead atoms. The molecular formula is C19H12FN3O4S. The van der Waals surface area contributed by atoms with Gasteiger partial charge in [-0.3, -0.25) is 10.1 Å². The summed E-state index contributed by atoms with van der Waals surface area (Å²) in [6.45, 7) is -0.457. The van der Waals surface area contributed by atoms with Crippen molar-refractivity contribution in [2.24, 2.45) is 0 Å². The summed E-state index contributed by atoms with van der Waals surface area (Å²) < 4.78 is 23.1. The molecule has 0 aliphatic carbocycles. The standard InChI is InChI=1S/C19H12FN3O4S/c20-13-4-1-11(2-5-13)15-9-28-19(22-15)23-17(24)8-26-18(25)12-3-6-16-14(7-12)21-10-27-16/h1-7,9-10H,8H2,(H,22,23,24). The lowest BCUT2D eigenvalue weighted by molar-refractivity contribution is -0.119. The van der Waals surface area contributed by atoms with E-state index in [1.54, 1.807) is 23.6 Å². The van der Waals surface area contributed by atoms with E-state index in [9.17, 15) is 14.0 Å². The Labute approximate surface area is 161 Å². The molecule has 0 unspecified atom stereocenters. The number of oxazole rings is 1. The summed E-state index contributed by atoms with van der Waals surface area (Å²) in [5.74, 6) is -1.50. The van der Waals surface area contributed by atoms with E-state index in [1.807, 2.05) is 0 Å². The molecule has 0 spiro atoms. The average Bonchev–Trinajstić information content (AvgIpc) is 3.35. The van der Waals surface area contributed by atoms with Gasteiger partial charge in [0, 0.05) is 10.9 Å². The van der Waals surface area contributed by atoms with Gasteiger partial charge in [-0.15, -0.1) is 11.3 Å². The van der Waals surface area contributed by atoms with Gasteiger partial charge in [0.15, 0.2) is 23.7 Å². The molecule has 7 nitrogen and oxygen atoms in total. The zero-order valence-corrected chi connectivity index (χ0v) is 15.0. The van der Waals surface area contributed by atoms with Crippen LogP contribution in [-0.4, -0.2) is 28.5 Å². The van der Waals surface area contributed by atoms with Crippen LogP contribution < -0.4 is 5.32 Å². The quantitative estimate of drug-likeness (QED) is 0.514. The second kappa shape index (κ2) is 7.57. The zero-order valence-electron chi connectivity index (χ0n) is 14.2. The Balaban J connectivity index is 1.34. The first-order chi connectivity index (χ1) is 13.6. The van der Waals surface area contributed by atoms with Crippen molar-refractivity contribution >= 4 is 39.4 Å². The summed E-state index contributed by atoms with van der Waals surface area (Å²) >= 11 is 1.21. The maximum Gasteiger partial charge on any atom is 0.338 e. The largest absolute Gasteiger partial charge is 0.452 e. The van der Waals surface area contributed by atoms with E-state index in [1.165, 1.54) is 42.0 Å². The molecule has 0 atom stereocenters. The molecule has 0 radical (unpaired) electrons. The minimum Gasteiger partial charge on any atom is -0.452 e. The van der Waals surface area contributed by atoms with Crippen molar-refractivity contribution in [1.29, 1.82) is 0 Å². The van der Waals surface area contributed by atoms with Gasteiger partial charge in [0.05, 0.1) is 11.3 Å². The lowest BCUT2D eigenvalue weighted by atomic mass is 10.2. The molecule has 4 rings (SSSR count). The van der Waals surface area contributed by atoms with Gasteiger partial charge in [-0.25, -0.2) is 19.2 Å². The van der Waals surface area contributed by atoms with Crippen LogP contribution in [0.3, 0.4) is 0 Å². The summed E-state index contributed by atoms with van der Waals surface area (Å²) in [6.07, 6.45) is 1.28. The molecule has 0 saturated carbocycles. The lowest BCUT2D eigenvalue weighted by Crippen LogP contribution is -2.20. The Hall–Kier alpha value is -3.59. The minimum atomic E-state index is -0.647. The Kier molecular flexibility index (Phi) is 4.81.